The number of likely N-dealkylation sites (tertiary alicyclic amines) is 1. The third kappa shape index (κ3) is 4.81. The van der Waals surface area contributed by atoms with Gasteiger partial charge in [0, 0.05) is 43.5 Å². The van der Waals surface area contributed by atoms with Crippen LogP contribution in [-0.2, 0) is 6.54 Å². The molecule has 1 aliphatic rings. The van der Waals surface area contributed by atoms with E-state index >= 15 is 0 Å². The predicted molar refractivity (Wildman–Crippen MR) is 125 cm³/mol. The van der Waals surface area contributed by atoms with Crippen LogP contribution in [0.5, 0.6) is 0 Å². The Balaban J connectivity index is 1.20. The molecule has 1 aliphatic heterocycles. The highest BCUT2D eigenvalue weighted by molar-refractivity contribution is 5.92. The molecular formula is C25H26N6. The Morgan fingerprint density at radius 1 is 0.839 bits per heavy atom. The standard InChI is InChI=1S/C25H26N6/c1-2-6-19(7-3-1)18-31-16-12-21(13-17-31)28-23-11-15-27-25(29-23)30-24-22-9-5-4-8-20(22)10-14-26-24/h1-11,14-15,21H,12-13,16-18H2,(H2,26,27,28,29,30). The first kappa shape index (κ1) is 19.5. The largest absolute Gasteiger partial charge is 0.367 e. The van der Waals surface area contributed by atoms with E-state index in [0.29, 0.717) is 12.0 Å². The third-order valence-corrected chi connectivity index (χ3v) is 5.75. The van der Waals surface area contributed by atoms with Crippen molar-refractivity contribution in [3.63, 3.8) is 0 Å². The summed E-state index contributed by atoms with van der Waals surface area (Å²) < 4.78 is 0. The van der Waals surface area contributed by atoms with E-state index in [2.05, 4.69) is 72.9 Å². The maximum atomic E-state index is 4.67. The molecule has 0 spiro atoms. The highest BCUT2D eigenvalue weighted by Crippen LogP contribution is 2.23. The molecule has 2 aromatic carbocycles. The topological polar surface area (TPSA) is 66.0 Å². The summed E-state index contributed by atoms with van der Waals surface area (Å²) in [6.45, 7) is 3.19. The van der Waals surface area contributed by atoms with E-state index in [1.54, 1.807) is 12.4 Å². The van der Waals surface area contributed by atoms with E-state index in [1.165, 1.54) is 5.56 Å². The lowest BCUT2D eigenvalue weighted by Crippen LogP contribution is -2.38. The molecule has 3 heterocycles. The summed E-state index contributed by atoms with van der Waals surface area (Å²) in [5.74, 6) is 2.17. The number of aromatic nitrogens is 3. The van der Waals surface area contributed by atoms with E-state index in [1.807, 2.05) is 24.3 Å². The van der Waals surface area contributed by atoms with Crippen LogP contribution in [0, 0.1) is 0 Å². The lowest BCUT2D eigenvalue weighted by Gasteiger charge is -2.32. The van der Waals surface area contributed by atoms with Crippen LogP contribution in [0.15, 0.2) is 79.1 Å². The minimum Gasteiger partial charge on any atom is -0.367 e. The monoisotopic (exact) mass is 410 g/mol. The first-order valence-electron chi connectivity index (χ1n) is 10.8. The summed E-state index contributed by atoms with van der Waals surface area (Å²) in [4.78, 5) is 16.0. The molecule has 0 unspecified atom stereocenters. The molecule has 5 rings (SSSR count). The fraction of sp³-hybridized carbons (Fsp3) is 0.240. The van der Waals surface area contributed by atoms with Crippen molar-refractivity contribution in [2.45, 2.75) is 25.4 Å². The minimum atomic E-state index is 0.422. The number of pyridine rings is 1. The molecule has 6 heteroatoms. The van der Waals surface area contributed by atoms with Crippen LogP contribution in [0.3, 0.4) is 0 Å². The average Bonchev–Trinajstić information content (AvgIpc) is 2.82. The van der Waals surface area contributed by atoms with Gasteiger partial charge in [0.05, 0.1) is 0 Å². The maximum Gasteiger partial charge on any atom is 0.230 e. The molecule has 0 radical (unpaired) electrons. The zero-order valence-corrected chi connectivity index (χ0v) is 17.4. The average molecular weight is 411 g/mol. The normalized spacial score (nSPS) is 15.1. The minimum absolute atomic E-state index is 0.422. The van der Waals surface area contributed by atoms with E-state index in [9.17, 15) is 0 Å². The van der Waals surface area contributed by atoms with Crippen molar-refractivity contribution in [3.05, 3.63) is 84.7 Å². The van der Waals surface area contributed by atoms with Gasteiger partial charge in [0.15, 0.2) is 0 Å². The number of fused-ring (bicyclic) bond motifs is 1. The number of nitrogens with zero attached hydrogens (tertiary/aromatic N) is 4. The molecule has 31 heavy (non-hydrogen) atoms. The highest BCUT2D eigenvalue weighted by Gasteiger charge is 2.19. The first-order valence-corrected chi connectivity index (χ1v) is 10.8. The van der Waals surface area contributed by atoms with Crippen LogP contribution in [0.25, 0.3) is 10.8 Å². The van der Waals surface area contributed by atoms with Crippen LogP contribution in [-0.4, -0.2) is 39.0 Å². The zero-order chi connectivity index (χ0) is 20.9. The van der Waals surface area contributed by atoms with E-state index in [-0.39, 0.29) is 0 Å². The quantitative estimate of drug-likeness (QED) is 0.474. The number of benzene rings is 2. The van der Waals surface area contributed by atoms with Crippen molar-refractivity contribution < 1.29 is 0 Å². The molecule has 4 aromatic rings. The molecule has 0 saturated carbocycles. The van der Waals surface area contributed by atoms with E-state index < -0.39 is 0 Å². The van der Waals surface area contributed by atoms with Gasteiger partial charge in [-0.25, -0.2) is 9.97 Å². The number of nitrogens with one attached hydrogen (secondary N) is 2. The van der Waals surface area contributed by atoms with Crippen LogP contribution >= 0.6 is 0 Å². The molecule has 1 fully saturated rings. The summed E-state index contributed by atoms with van der Waals surface area (Å²) >= 11 is 0. The number of piperidine rings is 1. The van der Waals surface area contributed by atoms with Crippen molar-refractivity contribution >= 4 is 28.4 Å². The first-order chi connectivity index (χ1) is 15.3. The van der Waals surface area contributed by atoms with Crippen molar-refractivity contribution in [3.8, 4) is 0 Å². The Bertz CT molecular complexity index is 1130. The molecule has 1 saturated heterocycles. The second-order valence-corrected chi connectivity index (χ2v) is 7.95. The third-order valence-electron chi connectivity index (χ3n) is 5.75. The van der Waals surface area contributed by atoms with Crippen LogP contribution in [0.4, 0.5) is 17.6 Å². The van der Waals surface area contributed by atoms with Crippen LogP contribution < -0.4 is 10.6 Å². The van der Waals surface area contributed by atoms with Gasteiger partial charge in [0.2, 0.25) is 5.95 Å². The summed E-state index contributed by atoms with van der Waals surface area (Å²) in [7, 11) is 0. The van der Waals surface area contributed by atoms with Crippen molar-refractivity contribution in [2.24, 2.45) is 0 Å². The fourth-order valence-electron chi connectivity index (χ4n) is 4.11. The van der Waals surface area contributed by atoms with Crippen molar-refractivity contribution in [1.82, 2.24) is 19.9 Å². The van der Waals surface area contributed by atoms with Gasteiger partial charge in [-0.3, -0.25) is 4.90 Å². The van der Waals surface area contributed by atoms with Gasteiger partial charge in [0.1, 0.15) is 11.6 Å². The molecule has 2 N–H and O–H groups in total. The van der Waals surface area contributed by atoms with Gasteiger partial charge >= 0.3 is 0 Å². The van der Waals surface area contributed by atoms with Crippen LogP contribution in [0.2, 0.25) is 0 Å². The molecular weight excluding hydrogens is 384 g/mol. The molecule has 0 atom stereocenters. The van der Waals surface area contributed by atoms with E-state index in [4.69, 9.17) is 0 Å². The van der Waals surface area contributed by atoms with Gasteiger partial charge in [-0.05, 0) is 35.9 Å². The summed E-state index contributed by atoms with van der Waals surface area (Å²) in [6.07, 6.45) is 5.79. The SMILES string of the molecule is c1ccc(CN2CCC(Nc3ccnc(Nc4nccc5ccccc45)n3)CC2)cc1. The molecule has 156 valence electrons. The Hall–Kier alpha value is -3.51. The lowest BCUT2D eigenvalue weighted by atomic mass is 10.0. The smallest absolute Gasteiger partial charge is 0.230 e. The van der Waals surface area contributed by atoms with Gasteiger partial charge in [0.25, 0.3) is 0 Å². The fourth-order valence-corrected chi connectivity index (χ4v) is 4.11. The molecule has 0 bridgehead atoms. The second-order valence-electron chi connectivity index (χ2n) is 7.95. The van der Waals surface area contributed by atoms with Gasteiger partial charge < -0.3 is 10.6 Å². The molecule has 2 aromatic heterocycles. The summed E-state index contributed by atoms with van der Waals surface area (Å²) in [5, 5.41) is 9.06. The molecule has 0 amide bonds. The lowest BCUT2D eigenvalue weighted by molar-refractivity contribution is 0.211. The number of hydrogen-bond acceptors (Lipinski definition) is 6. The van der Waals surface area contributed by atoms with Gasteiger partial charge in [-0.15, -0.1) is 0 Å². The van der Waals surface area contributed by atoms with Crippen LogP contribution in [0.1, 0.15) is 18.4 Å². The highest BCUT2D eigenvalue weighted by atomic mass is 15.2. The Kier molecular flexibility index (Phi) is 5.71. The van der Waals surface area contributed by atoms with Crippen molar-refractivity contribution in [1.29, 1.82) is 0 Å². The van der Waals surface area contributed by atoms with E-state index in [0.717, 1.165) is 54.9 Å². The summed E-state index contributed by atoms with van der Waals surface area (Å²) in [6, 6.07) is 23.2. The van der Waals surface area contributed by atoms with Gasteiger partial charge in [-0.1, -0.05) is 54.6 Å². The number of hydrogen-bond donors (Lipinski definition) is 2. The Labute approximate surface area is 182 Å². The zero-order valence-electron chi connectivity index (χ0n) is 17.4. The molecule has 0 aliphatic carbocycles. The van der Waals surface area contributed by atoms with Gasteiger partial charge in [-0.2, -0.15) is 4.98 Å². The Morgan fingerprint density at radius 2 is 1.61 bits per heavy atom. The molecule has 6 nitrogen and oxygen atoms in total. The number of rotatable bonds is 6. The number of anilines is 3. The second kappa shape index (κ2) is 9.10. The summed E-state index contributed by atoms with van der Waals surface area (Å²) in [5.41, 5.74) is 1.38. The Morgan fingerprint density at radius 3 is 2.48 bits per heavy atom. The maximum absolute atomic E-state index is 4.67. The van der Waals surface area contributed by atoms with Crippen molar-refractivity contribution in [2.75, 3.05) is 23.7 Å². The predicted octanol–water partition coefficient (Wildman–Crippen LogP) is 4.84.